The lowest BCUT2D eigenvalue weighted by Crippen LogP contribution is -2.40. The largest absolute Gasteiger partial charge is 0.396 e. The number of aliphatic hydroxyl groups excluding tert-OH is 1. The van der Waals surface area contributed by atoms with Gasteiger partial charge in [0, 0.05) is 36.8 Å². The van der Waals surface area contributed by atoms with Gasteiger partial charge >= 0.3 is 0 Å². The van der Waals surface area contributed by atoms with E-state index in [-0.39, 0.29) is 12.6 Å². The number of hydrogen-bond acceptors (Lipinski definition) is 5. The number of sulfonamides is 1. The van der Waals surface area contributed by atoms with Crippen LogP contribution in [-0.4, -0.2) is 50.3 Å². The minimum atomic E-state index is -3.63. The van der Waals surface area contributed by atoms with E-state index in [9.17, 15) is 13.5 Å². The first kappa shape index (κ1) is 23.1. The molecule has 1 N–H and O–H groups in total. The number of anilines is 2. The van der Waals surface area contributed by atoms with Crippen molar-refractivity contribution in [2.75, 3.05) is 31.4 Å². The van der Waals surface area contributed by atoms with Crippen LogP contribution in [0.5, 0.6) is 0 Å². The third-order valence-electron chi connectivity index (χ3n) is 5.78. The minimum absolute atomic E-state index is 0.0901. The van der Waals surface area contributed by atoms with E-state index in [2.05, 4.69) is 11.8 Å². The average Bonchev–Trinajstić information content (AvgIpc) is 2.84. The molecule has 1 aliphatic heterocycles. The van der Waals surface area contributed by atoms with Gasteiger partial charge in [-0.2, -0.15) is 4.31 Å². The molecule has 0 aliphatic carbocycles. The SMILES string of the molecule is CCCCC1CN(c2ccccc2)c2cc(SC)c(CCCO)cc2S(=O)(=O)N1C. The van der Waals surface area contributed by atoms with E-state index in [4.69, 9.17) is 0 Å². The summed E-state index contributed by atoms with van der Waals surface area (Å²) in [5, 5.41) is 9.29. The van der Waals surface area contributed by atoms with Crippen molar-refractivity contribution in [1.29, 1.82) is 0 Å². The minimum Gasteiger partial charge on any atom is -0.396 e. The van der Waals surface area contributed by atoms with Gasteiger partial charge in [0.2, 0.25) is 10.0 Å². The van der Waals surface area contributed by atoms with Crippen molar-refractivity contribution in [2.45, 2.75) is 54.9 Å². The van der Waals surface area contributed by atoms with Gasteiger partial charge in [0.05, 0.1) is 5.69 Å². The summed E-state index contributed by atoms with van der Waals surface area (Å²) in [6.45, 7) is 2.84. The molecule has 2 aromatic rings. The Morgan fingerprint density at radius 1 is 1.17 bits per heavy atom. The van der Waals surface area contributed by atoms with Crippen molar-refractivity contribution in [2.24, 2.45) is 0 Å². The second kappa shape index (κ2) is 10.2. The summed E-state index contributed by atoms with van der Waals surface area (Å²) in [5.74, 6) is 0. The van der Waals surface area contributed by atoms with Gasteiger partial charge in [-0.1, -0.05) is 38.0 Å². The Morgan fingerprint density at radius 2 is 1.90 bits per heavy atom. The van der Waals surface area contributed by atoms with Crippen molar-refractivity contribution in [1.82, 2.24) is 4.31 Å². The molecular weight excluding hydrogens is 416 g/mol. The summed E-state index contributed by atoms with van der Waals surface area (Å²) < 4.78 is 28.9. The van der Waals surface area contributed by atoms with E-state index < -0.39 is 10.0 Å². The highest BCUT2D eigenvalue weighted by molar-refractivity contribution is 7.98. The number of hydrogen-bond donors (Lipinski definition) is 1. The molecule has 1 heterocycles. The second-order valence-corrected chi connectivity index (χ2v) is 10.5. The number of likely N-dealkylation sites (N-methyl/N-ethyl adjacent to an activating group) is 1. The normalized spacial score (nSPS) is 18.8. The topological polar surface area (TPSA) is 60.9 Å². The Hall–Kier alpha value is -1.54. The number of unbranched alkanes of at least 4 members (excludes halogenated alkanes) is 1. The molecule has 1 atom stereocenters. The van der Waals surface area contributed by atoms with Crippen molar-refractivity contribution >= 4 is 33.2 Å². The van der Waals surface area contributed by atoms with Crippen LogP contribution in [-0.2, 0) is 16.4 Å². The molecule has 1 aliphatic rings. The van der Waals surface area contributed by atoms with Crippen molar-refractivity contribution in [3.8, 4) is 0 Å². The van der Waals surface area contributed by atoms with Crippen LogP contribution in [0, 0.1) is 0 Å². The fourth-order valence-corrected chi connectivity index (χ4v) is 6.26. The van der Waals surface area contributed by atoms with Gasteiger partial charge in [0.15, 0.2) is 0 Å². The number of aliphatic hydroxyl groups is 1. The summed E-state index contributed by atoms with van der Waals surface area (Å²) in [6.07, 6.45) is 6.13. The Morgan fingerprint density at radius 3 is 2.53 bits per heavy atom. The first-order valence-electron chi connectivity index (χ1n) is 10.6. The van der Waals surface area contributed by atoms with Crippen LogP contribution in [0.4, 0.5) is 11.4 Å². The summed E-state index contributed by atoms with van der Waals surface area (Å²) in [6, 6.07) is 13.8. The summed E-state index contributed by atoms with van der Waals surface area (Å²) in [7, 11) is -1.92. The Kier molecular flexibility index (Phi) is 7.85. The third kappa shape index (κ3) is 4.69. The Labute approximate surface area is 185 Å². The zero-order chi connectivity index (χ0) is 21.7. The number of benzene rings is 2. The van der Waals surface area contributed by atoms with E-state index >= 15 is 0 Å². The summed E-state index contributed by atoms with van der Waals surface area (Å²) in [5.41, 5.74) is 2.72. The predicted molar refractivity (Wildman–Crippen MR) is 125 cm³/mol. The zero-order valence-corrected chi connectivity index (χ0v) is 19.7. The van der Waals surface area contributed by atoms with Crippen LogP contribution >= 0.6 is 11.8 Å². The molecule has 0 spiro atoms. The second-order valence-electron chi connectivity index (χ2n) is 7.72. The van der Waals surface area contributed by atoms with Crippen LogP contribution in [0.2, 0.25) is 0 Å². The molecule has 0 amide bonds. The highest BCUT2D eigenvalue weighted by atomic mass is 32.2. The number of fused-ring (bicyclic) bond motifs is 1. The van der Waals surface area contributed by atoms with Gasteiger partial charge in [-0.15, -0.1) is 11.8 Å². The first-order valence-corrected chi connectivity index (χ1v) is 13.2. The molecule has 3 rings (SSSR count). The standard InChI is InChI=1S/C23H32N2O3S2/c1-4-5-11-20-17-25(19-12-7-6-8-13-19)21-16-22(29-3)18(10-9-14-26)15-23(21)30(27,28)24(20)2/h6-8,12-13,15-16,20,26H,4-5,9-11,14,17H2,1-3H3. The van der Waals surface area contributed by atoms with Gasteiger partial charge in [-0.3, -0.25) is 0 Å². The van der Waals surface area contributed by atoms with Crippen LogP contribution in [0.15, 0.2) is 52.3 Å². The maximum Gasteiger partial charge on any atom is 0.245 e. The molecule has 0 saturated heterocycles. The number of rotatable bonds is 8. The van der Waals surface area contributed by atoms with E-state index in [1.807, 2.05) is 48.7 Å². The highest BCUT2D eigenvalue weighted by Gasteiger charge is 2.37. The van der Waals surface area contributed by atoms with E-state index in [0.29, 0.717) is 24.3 Å². The number of thioether (sulfide) groups is 1. The Bertz CT molecular complexity index is 948. The summed E-state index contributed by atoms with van der Waals surface area (Å²) in [4.78, 5) is 3.58. The lowest BCUT2D eigenvalue weighted by atomic mass is 10.1. The van der Waals surface area contributed by atoms with Crippen LogP contribution < -0.4 is 4.90 Å². The van der Waals surface area contributed by atoms with Gasteiger partial charge < -0.3 is 10.0 Å². The highest BCUT2D eigenvalue weighted by Crippen LogP contribution is 2.41. The maximum atomic E-state index is 13.6. The molecule has 30 heavy (non-hydrogen) atoms. The lowest BCUT2D eigenvalue weighted by Gasteiger charge is -2.29. The van der Waals surface area contributed by atoms with Crippen LogP contribution in [0.3, 0.4) is 0 Å². The number of nitrogens with zero attached hydrogens (tertiary/aromatic N) is 2. The number of para-hydroxylation sites is 1. The van der Waals surface area contributed by atoms with Gasteiger partial charge in [-0.05, 0) is 55.3 Å². The third-order valence-corrected chi connectivity index (χ3v) is 8.54. The van der Waals surface area contributed by atoms with Gasteiger partial charge in [0.1, 0.15) is 4.90 Å². The smallest absolute Gasteiger partial charge is 0.245 e. The quantitative estimate of drug-likeness (QED) is 0.595. The molecular formula is C23H32N2O3S2. The first-order chi connectivity index (χ1) is 14.4. The van der Waals surface area contributed by atoms with Crippen molar-refractivity contribution in [3.63, 3.8) is 0 Å². The summed E-state index contributed by atoms with van der Waals surface area (Å²) >= 11 is 1.62. The van der Waals surface area contributed by atoms with Crippen molar-refractivity contribution < 1.29 is 13.5 Å². The number of aryl methyl sites for hydroxylation is 1. The van der Waals surface area contributed by atoms with Gasteiger partial charge in [0.25, 0.3) is 0 Å². The van der Waals surface area contributed by atoms with E-state index in [0.717, 1.165) is 41.1 Å². The molecule has 0 aromatic heterocycles. The fraction of sp³-hybridized carbons (Fsp3) is 0.478. The van der Waals surface area contributed by atoms with E-state index in [1.165, 1.54) is 0 Å². The molecule has 164 valence electrons. The van der Waals surface area contributed by atoms with Crippen LogP contribution in [0.1, 0.15) is 38.2 Å². The molecule has 0 bridgehead atoms. The molecule has 2 aromatic carbocycles. The molecule has 0 saturated carbocycles. The fourth-order valence-electron chi connectivity index (χ4n) is 4.00. The maximum absolute atomic E-state index is 13.6. The lowest BCUT2D eigenvalue weighted by molar-refractivity contribution is 0.288. The van der Waals surface area contributed by atoms with E-state index in [1.54, 1.807) is 23.1 Å². The average molecular weight is 449 g/mol. The molecule has 0 radical (unpaired) electrons. The Balaban J connectivity index is 2.21. The van der Waals surface area contributed by atoms with Crippen molar-refractivity contribution in [3.05, 3.63) is 48.0 Å². The molecule has 5 nitrogen and oxygen atoms in total. The van der Waals surface area contributed by atoms with Crippen LogP contribution in [0.25, 0.3) is 0 Å². The molecule has 0 fully saturated rings. The predicted octanol–water partition coefficient (Wildman–Crippen LogP) is 4.66. The van der Waals surface area contributed by atoms with Gasteiger partial charge in [-0.25, -0.2) is 8.42 Å². The molecule has 1 unspecified atom stereocenters. The molecule has 7 heteroatoms. The monoisotopic (exact) mass is 448 g/mol. The zero-order valence-electron chi connectivity index (χ0n) is 18.0.